The van der Waals surface area contributed by atoms with Crippen LogP contribution in [0.3, 0.4) is 0 Å². The van der Waals surface area contributed by atoms with Crippen LogP contribution in [0.4, 0.5) is 5.69 Å². The molecule has 5 nitrogen and oxygen atoms in total. The van der Waals surface area contributed by atoms with Gasteiger partial charge in [-0.3, -0.25) is 0 Å². The molecule has 84 valence electrons. The minimum atomic E-state index is -0.794. The molecule has 1 unspecified atom stereocenters. The molecule has 0 aliphatic carbocycles. The molecule has 0 saturated carbocycles. The van der Waals surface area contributed by atoms with Crippen LogP contribution in [-0.4, -0.2) is 20.1 Å². The van der Waals surface area contributed by atoms with Crippen LogP contribution >= 0.6 is 15.9 Å². The molecule has 6 heteroatoms. The Morgan fingerprint density at radius 2 is 2.25 bits per heavy atom. The Morgan fingerprint density at radius 1 is 1.50 bits per heavy atom. The van der Waals surface area contributed by atoms with Gasteiger partial charge in [-0.15, -0.1) is 5.10 Å². The van der Waals surface area contributed by atoms with Crippen LogP contribution in [0.25, 0.3) is 0 Å². The van der Waals surface area contributed by atoms with Crippen LogP contribution in [0.1, 0.15) is 17.4 Å². The maximum Gasteiger partial charge on any atom is 0.154 e. The second kappa shape index (κ2) is 4.23. The summed E-state index contributed by atoms with van der Waals surface area (Å²) in [6.45, 7) is 0. The van der Waals surface area contributed by atoms with Gasteiger partial charge in [-0.25, -0.2) is 4.68 Å². The van der Waals surface area contributed by atoms with Crippen molar-refractivity contribution < 1.29 is 5.11 Å². The van der Waals surface area contributed by atoms with E-state index in [0.717, 1.165) is 0 Å². The van der Waals surface area contributed by atoms with Gasteiger partial charge in [0.15, 0.2) is 4.60 Å². The lowest BCUT2D eigenvalue weighted by atomic mass is 10.1. The molecule has 0 aliphatic rings. The van der Waals surface area contributed by atoms with Gasteiger partial charge in [0, 0.05) is 12.7 Å². The zero-order valence-corrected chi connectivity index (χ0v) is 10.2. The van der Waals surface area contributed by atoms with E-state index in [1.54, 1.807) is 31.3 Å². The lowest BCUT2D eigenvalue weighted by Gasteiger charge is -2.11. The standard InChI is InChI=1S/C10H11BrN4O/c1-15-8(10(11)13-14-15)9(16)6-3-2-4-7(12)5-6/h2-5,9,16H,12H2,1H3. The number of aryl methyl sites for hydroxylation is 1. The first kappa shape index (κ1) is 11.1. The SMILES string of the molecule is Cn1nnc(Br)c1C(O)c1cccc(N)c1. The van der Waals surface area contributed by atoms with Crippen LogP contribution in [0.15, 0.2) is 28.9 Å². The van der Waals surface area contributed by atoms with E-state index in [-0.39, 0.29) is 0 Å². The number of aliphatic hydroxyl groups excluding tert-OH is 1. The lowest BCUT2D eigenvalue weighted by Crippen LogP contribution is -2.07. The van der Waals surface area contributed by atoms with Gasteiger partial charge in [0.2, 0.25) is 0 Å². The predicted molar refractivity (Wildman–Crippen MR) is 63.6 cm³/mol. The molecule has 0 aliphatic heterocycles. The molecule has 0 radical (unpaired) electrons. The Bertz CT molecular complexity index is 492. The van der Waals surface area contributed by atoms with E-state index in [2.05, 4.69) is 26.2 Å². The Morgan fingerprint density at radius 3 is 2.81 bits per heavy atom. The van der Waals surface area contributed by atoms with Gasteiger partial charge < -0.3 is 10.8 Å². The third-order valence-electron chi connectivity index (χ3n) is 2.31. The fourth-order valence-electron chi connectivity index (χ4n) is 1.52. The smallest absolute Gasteiger partial charge is 0.154 e. The van der Waals surface area contributed by atoms with Crippen LogP contribution in [0.2, 0.25) is 0 Å². The maximum atomic E-state index is 10.2. The predicted octanol–water partition coefficient (Wildman–Crippen LogP) is 1.24. The quantitative estimate of drug-likeness (QED) is 0.813. The minimum Gasteiger partial charge on any atom is -0.399 e. The van der Waals surface area contributed by atoms with Gasteiger partial charge in [0.1, 0.15) is 11.8 Å². The second-order valence-electron chi connectivity index (χ2n) is 3.46. The van der Waals surface area contributed by atoms with Gasteiger partial charge >= 0.3 is 0 Å². The van der Waals surface area contributed by atoms with Crippen molar-refractivity contribution in [2.24, 2.45) is 7.05 Å². The van der Waals surface area contributed by atoms with E-state index in [1.165, 1.54) is 4.68 Å². The molecular weight excluding hydrogens is 272 g/mol. The van der Waals surface area contributed by atoms with Crippen molar-refractivity contribution in [1.82, 2.24) is 15.0 Å². The Kier molecular flexibility index (Phi) is 2.93. The molecule has 0 bridgehead atoms. The number of hydrogen-bond donors (Lipinski definition) is 2. The van der Waals surface area contributed by atoms with E-state index >= 15 is 0 Å². The second-order valence-corrected chi connectivity index (χ2v) is 4.21. The number of anilines is 1. The number of nitrogens with two attached hydrogens (primary N) is 1. The minimum absolute atomic E-state index is 0.532. The van der Waals surface area contributed by atoms with Crippen molar-refractivity contribution in [3.05, 3.63) is 40.1 Å². The van der Waals surface area contributed by atoms with Crippen LogP contribution in [-0.2, 0) is 7.05 Å². The average Bonchev–Trinajstić information content (AvgIpc) is 2.58. The van der Waals surface area contributed by atoms with Gasteiger partial charge in [0.05, 0.1) is 0 Å². The summed E-state index contributed by atoms with van der Waals surface area (Å²) in [5.74, 6) is 0. The van der Waals surface area contributed by atoms with Crippen molar-refractivity contribution >= 4 is 21.6 Å². The summed E-state index contributed by atoms with van der Waals surface area (Å²) in [5, 5.41) is 17.8. The number of nitrogens with zero attached hydrogens (tertiary/aromatic N) is 3. The molecule has 0 saturated heterocycles. The molecule has 0 fully saturated rings. The maximum absolute atomic E-state index is 10.2. The zero-order chi connectivity index (χ0) is 11.7. The first-order valence-electron chi connectivity index (χ1n) is 4.68. The monoisotopic (exact) mass is 282 g/mol. The van der Waals surface area contributed by atoms with Crippen molar-refractivity contribution in [1.29, 1.82) is 0 Å². The van der Waals surface area contributed by atoms with E-state index < -0.39 is 6.10 Å². The number of benzene rings is 1. The molecule has 16 heavy (non-hydrogen) atoms. The molecule has 1 aromatic heterocycles. The summed E-state index contributed by atoms with van der Waals surface area (Å²) in [6.07, 6.45) is -0.794. The van der Waals surface area contributed by atoms with Gasteiger partial charge in [0.25, 0.3) is 0 Å². The van der Waals surface area contributed by atoms with Crippen LogP contribution < -0.4 is 5.73 Å². The summed E-state index contributed by atoms with van der Waals surface area (Å²) in [4.78, 5) is 0. The largest absolute Gasteiger partial charge is 0.399 e. The first-order chi connectivity index (χ1) is 7.59. The summed E-state index contributed by atoms with van der Waals surface area (Å²) in [5.41, 5.74) is 7.60. The number of halogens is 1. The van der Waals surface area contributed by atoms with E-state index in [9.17, 15) is 5.11 Å². The third-order valence-corrected chi connectivity index (χ3v) is 2.88. The normalized spacial score (nSPS) is 12.7. The highest BCUT2D eigenvalue weighted by Gasteiger charge is 2.19. The van der Waals surface area contributed by atoms with Crippen LogP contribution in [0.5, 0.6) is 0 Å². The molecule has 1 atom stereocenters. The molecule has 0 spiro atoms. The average molecular weight is 283 g/mol. The van der Waals surface area contributed by atoms with Crippen molar-refractivity contribution in [2.75, 3.05) is 5.73 Å². The van der Waals surface area contributed by atoms with Gasteiger partial charge in [-0.05, 0) is 33.6 Å². The molecule has 1 heterocycles. The summed E-state index contributed by atoms with van der Waals surface area (Å²) in [7, 11) is 1.72. The number of aliphatic hydroxyl groups is 1. The van der Waals surface area contributed by atoms with Crippen molar-refractivity contribution in [3.63, 3.8) is 0 Å². The first-order valence-corrected chi connectivity index (χ1v) is 5.47. The fourth-order valence-corrected chi connectivity index (χ4v) is 2.06. The molecular formula is C10H11BrN4O. The molecule has 2 aromatic rings. The van der Waals surface area contributed by atoms with Gasteiger partial charge in [-0.1, -0.05) is 17.3 Å². The van der Waals surface area contributed by atoms with Crippen LogP contribution in [0, 0.1) is 0 Å². The van der Waals surface area contributed by atoms with E-state index in [1.807, 2.05) is 0 Å². The summed E-state index contributed by atoms with van der Waals surface area (Å²) in [6, 6.07) is 7.10. The molecule has 1 aromatic carbocycles. The summed E-state index contributed by atoms with van der Waals surface area (Å²) >= 11 is 3.25. The fraction of sp³-hybridized carbons (Fsp3) is 0.200. The molecule has 2 rings (SSSR count). The number of aromatic nitrogens is 3. The third kappa shape index (κ3) is 1.94. The van der Waals surface area contributed by atoms with Crippen molar-refractivity contribution in [2.45, 2.75) is 6.10 Å². The lowest BCUT2D eigenvalue weighted by molar-refractivity contribution is 0.209. The summed E-state index contributed by atoms with van der Waals surface area (Å²) < 4.78 is 2.06. The van der Waals surface area contributed by atoms with Gasteiger partial charge in [-0.2, -0.15) is 0 Å². The Hall–Kier alpha value is -1.40. The zero-order valence-electron chi connectivity index (χ0n) is 8.63. The highest BCUT2D eigenvalue weighted by Crippen LogP contribution is 2.27. The highest BCUT2D eigenvalue weighted by molar-refractivity contribution is 9.10. The number of hydrogen-bond acceptors (Lipinski definition) is 4. The number of rotatable bonds is 2. The van der Waals surface area contributed by atoms with E-state index in [4.69, 9.17) is 5.73 Å². The highest BCUT2D eigenvalue weighted by atomic mass is 79.9. The molecule has 3 N–H and O–H groups in total. The van der Waals surface area contributed by atoms with Crippen molar-refractivity contribution in [3.8, 4) is 0 Å². The Labute approximate surface area is 101 Å². The number of nitrogen functional groups attached to an aromatic ring is 1. The Balaban J connectivity index is 2.43. The topological polar surface area (TPSA) is 77.0 Å². The van der Waals surface area contributed by atoms with E-state index in [0.29, 0.717) is 21.5 Å². The molecule has 0 amide bonds.